The van der Waals surface area contributed by atoms with E-state index in [4.69, 9.17) is 5.73 Å². The van der Waals surface area contributed by atoms with Crippen LogP contribution in [0.3, 0.4) is 0 Å². The van der Waals surface area contributed by atoms with E-state index in [0.717, 1.165) is 28.7 Å². The number of carbonyl (C=O) groups is 1. The third kappa shape index (κ3) is 3.55. The van der Waals surface area contributed by atoms with E-state index >= 15 is 0 Å². The quantitative estimate of drug-likeness (QED) is 0.740. The molecule has 21 heavy (non-hydrogen) atoms. The number of anilines is 3. The topological polar surface area (TPSA) is 67.1 Å². The molecule has 0 heterocycles. The fourth-order valence-corrected chi connectivity index (χ4v) is 2.47. The highest BCUT2D eigenvalue weighted by Gasteiger charge is 2.25. The maximum Gasteiger partial charge on any atom is 0.253 e. The number of hydrogen-bond acceptors (Lipinski definition) is 3. The maximum absolute atomic E-state index is 12.3. The highest BCUT2D eigenvalue weighted by molar-refractivity contribution is 9.10. The van der Waals surface area contributed by atoms with Gasteiger partial charge in [-0.2, -0.15) is 0 Å². The van der Waals surface area contributed by atoms with Crippen molar-refractivity contribution in [3.8, 4) is 0 Å². The number of nitrogen functional groups attached to an aromatic ring is 1. The average molecular weight is 346 g/mol. The molecule has 0 bridgehead atoms. The van der Waals surface area contributed by atoms with Gasteiger partial charge in [0.15, 0.2) is 0 Å². The van der Waals surface area contributed by atoms with Crippen LogP contribution in [0.5, 0.6) is 0 Å². The minimum Gasteiger partial charge on any atom is -0.399 e. The van der Waals surface area contributed by atoms with Crippen molar-refractivity contribution in [3.05, 3.63) is 52.5 Å². The molecule has 4 nitrogen and oxygen atoms in total. The molecule has 4 N–H and O–H groups in total. The Bertz CT molecular complexity index is 683. The minimum absolute atomic E-state index is 0.0812. The van der Waals surface area contributed by atoms with Gasteiger partial charge in [-0.25, -0.2) is 0 Å². The van der Waals surface area contributed by atoms with Gasteiger partial charge >= 0.3 is 0 Å². The van der Waals surface area contributed by atoms with Crippen LogP contribution in [0.15, 0.2) is 46.9 Å². The molecule has 3 rings (SSSR count). The molecule has 5 heteroatoms. The molecule has 0 spiro atoms. The fourth-order valence-electron chi connectivity index (χ4n) is 2.07. The molecule has 0 saturated heterocycles. The number of amides is 1. The second-order valence-electron chi connectivity index (χ2n) is 5.19. The lowest BCUT2D eigenvalue weighted by molar-refractivity contribution is 0.0952. The van der Waals surface area contributed by atoms with Crippen molar-refractivity contribution >= 4 is 38.9 Å². The SMILES string of the molecule is Nc1ccc(Nc2cccc(Br)c2)c(C(=O)NC2CC2)c1. The lowest BCUT2D eigenvalue weighted by Crippen LogP contribution is -2.26. The molecule has 108 valence electrons. The molecule has 1 aliphatic rings. The van der Waals surface area contributed by atoms with Gasteiger partial charge < -0.3 is 16.4 Å². The number of rotatable bonds is 4. The first-order valence-electron chi connectivity index (χ1n) is 6.85. The molecular formula is C16H16BrN3O. The van der Waals surface area contributed by atoms with Crippen molar-refractivity contribution in [1.82, 2.24) is 5.32 Å². The summed E-state index contributed by atoms with van der Waals surface area (Å²) in [5.74, 6) is -0.0812. The van der Waals surface area contributed by atoms with Gasteiger partial charge in [-0.05, 0) is 49.2 Å². The zero-order valence-corrected chi connectivity index (χ0v) is 13.0. The monoisotopic (exact) mass is 345 g/mol. The van der Waals surface area contributed by atoms with Crippen LogP contribution < -0.4 is 16.4 Å². The van der Waals surface area contributed by atoms with Crippen LogP contribution >= 0.6 is 15.9 Å². The van der Waals surface area contributed by atoms with E-state index < -0.39 is 0 Å². The molecule has 0 atom stereocenters. The van der Waals surface area contributed by atoms with Gasteiger partial charge in [0, 0.05) is 21.9 Å². The Hall–Kier alpha value is -2.01. The predicted molar refractivity (Wildman–Crippen MR) is 88.8 cm³/mol. The molecule has 1 amide bonds. The van der Waals surface area contributed by atoms with Crippen LogP contribution in [-0.2, 0) is 0 Å². The van der Waals surface area contributed by atoms with Crippen LogP contribution in [-0.4, -0.2) is 11.9 Å². The van der Waals surface area contributed by atoms with Gasteiger partial charge in [0.05, 0.1) is 11.3 Å². The van der Waals surface area contributed by atoms with Crippen molar-refractivity contribution in [2.75, 3.05) is 11.1 Å². The average Bonchev–Trinajstić information content (AvgIpc) is 3.25. The molecule has 0 radical (unpaired) electrons. The number of benzene rings is 2. The van der Waals surface area contributed by atoms with Gasteiger partial charge in [-0.3, -0.25) is 4.79 Å². The summed E-state index contributed by atoms with van der Waals surface area (Å²) < 4.78 is 0.979. The van der Waals surface area contributed by atoms with E-state index in [0.29, 0.717) is 17.3 Å². The Morgan fingerprint density at radius 2 is 2.00 bits per heavy atom. The number of hydrogen-bond donors (Lipinski definition) is 3. The van der Waals surface area contributed by atoms with Crippen LogP contribution in [0.25, 0.3) is 0 Å². The van der Waals surface area contributed by atoms with E-state index in [2.05, 4.69) is 26.6 Å². The minimum atomic E-state index is -0.0812. The van der Waals surface area contributed by atoms with Gasteiger partial charge in [0.25, 0.3) is 5.91 Å². The largest absolute Gasteiger partial charge is 0.399 e. The van der Waals surface area contributed by atoms with Crippen LogP contribution in [0.2, 0.25) is 0 Å². The van der Waals surface area contributed by atoms with Crippen LogP contribution in [0.1, 0.15) is 23.2 Å². The van der Waals surface area contributed by atoms with Crippen LogP contribution in [0, 0.1) is 0 Å². The van der Waals surface area contributed by atoms with Crippen molar-refractivity contribution in [2.45, 2.75) is 18.9 Å². The molecular weight excluding hydrogens is 330 g/mol. The Kier molecular flexibility index (Phi) is 3.84. The molecule has 0 aromatic heterocycles. The molecule has 0 aliphatic heterocycles. The van der Waals surface area contributed by atoms with Crippen molar-refractivity contribution in [2.24, 2.45) is 0 Å². The summed E-state index contributed by atoms with van der Waals surface area (Å²) in [5, 5.41) is 6.26. The lowest BCUT2D eigenvalue weighted by Gasteiger charge is -2.13. The maximum atomic E-state index is 12.3. The zero-order valence-electron chi connectivity index (χ0n) is 11.4. The third-order valence-corrected chi connectivity index (χ3v) is 3.80. The normalized spacial score (nSPS) is 13.8. The molecule has 1 aliphatic carbocycles. The van der Waals surface area contributed by atoms with E-state index in [9.17, 15) is 4.79 Å². The van der Waals surface area contributed by atoms with Crippen molar-refractivity contribution in [3.63, 3.8) is 0 Å². The summed E-state index contributed by atoms with van der Waals surface area (Å²) in [4.78, 5) is 12.3. The summed E-state index contributed by atoms with van der Waals surface area (Å²) in [5.41, 5.74) is 8.63. The fraction of sp³-hybridized carbons (Fsp3) is 0.188. The van der Waals surface area contributed by atoms with E-state index in [-0.39, 0.29) is 5.91 Å². The summed E-state index contributed by atoms with van der Waals surface area (Å²) >= 11 is 3.44. The van der Waals surface area contributed by atoms with Gasteiger partial charge in [0.1, 0.15) is 0 Å². The molecule has 1 saturated carbocycles. The zero-order chi connectivity index (χ0) is 14.8. The van der Waals surface area contributed by atoms with Crippen molar-refractivity contribution < 1.29 is 4.79 Å². The number of nitrogens with one attached hydrogen (secondary N) is 2. The Morgan fingerprint density at radius 3 is 2.71 bits per heavy atom. The molecule has 2 aromatic carbocycles. The van der Waals surface area contributed by atoms with Gasteiger partial charge in [-0.15, -0.1) is 0 Å². The van der Waals surface area contributed by atoms with Crippen LogP contribution in [0.4, 0.5) is 17.1 Å². The molecule has 2 aromatic rings. The van der Waals surface area contributed by atoms with E-state index in [1.807, 2.05) is 30.3 Å². The summed E-state index contributed by atoms with van der Waals surface area (Å²) in [6, 6.07) is 13.4. The summed E-state index contributed by atoms with van der Waals surface area (Å²) in [7, 11) is 0. The standard InChI is InChI=1S/C16H16BrN3O/c17-10-2-1-3-13(8-10)19-15-7-4-11(18)9-14(15)16(21)20-12-5-6-12/h1-4,7-9,12,19H,5-6,18H2,(H,20,21). The molecule has 1 fully saturated rings. The second kappa shape index (κ2) is 5.77. The number of carbonyl (C=O) groups excluding carboxylic acids is 1. The smallest absolute Gasteiger partial charge is 0.253 e. The summed E-state index contributed by atoms with van der Waals surface area (Å²) in [6.07, 6.45) is 2.12. The number of nitrogens with two attached hydrogens (primary N) is 1. The Morgan fingerprint density at radius 1 is 1.19 bits per heavy atom. The highest BCUT2D eigenvalue weighted by atomic mass is 79.9. The first kappa shape index (κ1) is 13.9. The van der Waals surface area contributed by atoms with Gasteiger partial charge in [-0.1, -0.05) is 22.0 Å². The third-order valence-electron chi connectivity index (χ3n) is 3.30. The first-order valence-corrected chi connectivity index (χ1v) is 7.64. The lowest BCUT2D eigenvalue weighted by atomic mass is 10.1. The number of halogens is 1. The first-order chi connectivity index (χ1) is 10.1. The second-order valence-corrected chi connectivity index (χ2v) is 6.10. The Balaban J connectivity index is 1.88. The van der Waals surface area contributed by atoms with E-state index in [1.54, 1.807) is 12.1 Å². The molecule has 0 unspecified atom stereocenters. The predicted octanol–water partition coefficient (Wildman–Crippen LogP) is 3.67. The Labute approximate surface area is 131 Å². The van der Waals surface area contributed by atoms with Crippen molar-refractivity contribution in [1.29, 1.82) is 0 Å². The highest BCUT2D eigenvalue weighted by Crippen LogP contribution is 2.26. The summed E-state index contributed by atoms with van der Waals surface area (Å²) in [6.45, 7) is 0. The van der Waals surface area contributed by atoms with Gasteiger partial charge in [0.2, 0.25) is 0 Å². The van der Waals surface area contributed by atoms with E-state index in [1.165, 1.54) is 0 Å².